The minimum Gasteiger partial charge on any atom is -0.494 e. The van der Waals surface area contributed by atoms with Crippen LogP contribution in [0.4, 0.5) is 5.69 Å². The summed E-state index contributed by atoms with van der Waals surface area (Å²) in [5, 5.41) is 6.16. The van der Waals surface area contributed by atoms with Crippen molar-refractivity contribution < 1.29 is 28.6 Å². The summed E-state index contributed by atoms with van der Waals surface area (Å²) in [6.07, 6.45) is 7.34. The second kappa shape index (κ2) is 10.5. The number of likely N-dealkylation sites (tertiary alicyclic amines) is 1. The van der Waals surface area contributed by atoms with E-state index in [9.17, 15) is 14.4 Å². The first kappa shape index (κ1) is 25.7. The molecule has 1 saturated carbocycles. The first-order valence-corrected chi connectivity index (χ1v) is 13.4. The zero-order valence-corrected chi connectivity index (χ0v) is 21.8. The molecular formula is C28H37N3O6. The van der Waals surface area contributed by atoms with Crippen LogP contribution < -0.4 is 15.4 Å². The Morgan fingerprint density at radius 2 is 1.92 bits per heavy atom. The summed E-state index contributed by atoms with van der Waals surface area (Å²) in [5.74, 6) is -1.18. The number of anilines is 1. The van der Waals surface area contributed by atoms with Crippen molar-refractivity contribution in [2.24, 2.45) is 17.8 Å². The van der Waals surface area contributed by atoms with Crippen LogP contribution in [-0.4, -0.2) is 73.3 Å². The van der Waals surface area contributed by atoms with E-state index >= 15 is 0 Å². The molecule has 9 heteroatoms. The number of carbonyl (C=O) groups excluding carboxylic acids is 3. The van der Waals surface area contributed by atoms with E-state index in [1.54, 1.807) is 36.3 Å². The molecule has 1 aliphatic carbocycles. The Hall–Kier alpha value is -2.91. The summed E-state index contributed by atoms with van der Waals surface area (Å²) in [5.41, 5.74) is -0.560. The fourth-order valence-electron chi connectivity index (χ4n) is 6.52. The molecule has 9 nitrogen and oxygen atoms in total. The third kappa shape index (κ3) is 4.52. The summed E-state index contributed by atoms with van der Waals surface area (Å²) >= 11 is 0. The molecule has 2 N–H and O–H groups in total. The van der Waals surface area contributed by atoms with Crippen LogP contribution in [0.3, 0.4) is 0 Å². The summed E-state index contributed by atoms with van der Waals surface area (Å²) in [7, 11) is 1.56. The van der Waals surface area contributed by atoms with Crippen molar-refractivity contribution in [1.82, 2.24) is 10.2 Å². The number of ether oxygens (including phenoxy) is 3. The van der Waals surface area contributed by atoms with Crippen molar-refractivity contribution >= 4 is 23.4 Å². The zero-order valence-electron chi connectivity index (χ0n) is 21.8. The van der Waals surface area contributed by atoms with E-state index in [-0.39, 0.29) is 36.9 Å². The maximum absolute atomic E-state index is 13.8. The van der Waals surface area contributed by atoms with Crippen LogP contribution in [0.1, 0.15) is 39.5 Å². The number of fused-ring (bicyclic) bond motifs is 1. The van der Waals surface area contributed by atoms with E-state index in [0.29, 0.717) is 24.0 Å². The summed E-state index contributed by atoms with van der Waals surface area (Å²) < 4.78 is 17.1. The molecule has 3 heterocycles. The highest BCUT2D eigenvalue weighted by molar-refractivity contribution is 6.02. The molecule has 3 fully saturated rings. The van der Waals surface area contributed by atoms with E-state index in [2.05, 4.69) is 17.6 Å². The number of benzene rings is 1. The number of methoxy groups -OCH3 is 1. The predicted molar refractivity (Wildman–Crippen MR) is 137 cm³/mol. The summed E-state index contributed by atoms with van der Waals surface area (Å²) in [6, 6.07) is 6.34. The zero-order chi connectivity index (χ0) is 26.2. The Labute approximate surface area is 217 Å². The quantitative estimate of drug-likeness (QED) is 0.494. The minimum absolute atomic E-state index is 0.0671. The van der Waals surface area contributed by atoms with Crippen molar-refractivity contribution in [3.05, 3.63) is 36.4 Å². The Kier molecular flexibility index (Phi) is 7.27. The molecule has 0 aromatic heterocycles. The van der Waals surface area contributed by atoms with Crippen molar-refractivity contribution in [3.8, 4) is 5.75 Å². The second-order valence-corrected chi connectivity index (χ2v) is 10.5. The number of nitrogens with one attached hydrogen (secondary N) is 2. The van der Waals surface area contributed by atoms with Gasteiger partial charge < -0.3 is 29.7 Å². The lowest BCUT2D eigenvalue weighted by Gasteiger charge is -2.35. The van der Waals surface area contributed by atoms with Crippen molar-refractivity contribution in [3.63, 3.8) is 0 Å². The van der Waals surface area contributed by atoms with Gasteiger partial charge in [-0.15, -0.1) is 0 Å². The molecule has 0 radical (unpaired) electrons. The van der Waals surface area contributed by atoms with Crippen molar-refractivity contribution in [1.29, 1.82) is 0 Å². The van der Waals surface area contributed by atoms with Gasteiger partial charge in [0.1, 0.15) is 17.4 Å². The van der Waals surface area contributed by atoms with E-state index in [1.165, 1.54) is 6.42 Å². The normalized spacial score (nSPS) is 33.9. The molecule has 200 valence electrons. The molecule has 3 amide bonds. The van der Waals surface area contributed by atoms with E-state index in [0.717, 1.165) is 19.3 Å². The Bertz CT molecular complexity index is 1060. The number of rotatable bonds is 9. The molecule has 4 aliphatic rings. The van der Waals surface area contributed by atoms with Gasteiger partial charge in [0, 0.05) is 25.4 Å². The van der Waals surface area contributed by atoms with Crippen LogP contribution in [0.2, 0.25) is 0 Å². The second-order valence-electron chi connectivity index (χ2n) is 10.5. The molecule has 0 unspecified atom stereocenters. The van der Waals surface area contributed by atoms with Gasteiger partial charge in [-0.3, -0.25) is 14.4 Å². The van der Waals surface area contributed by atoms with Gasteiger partial charge in [-0.05, 0) is 49.9 Å². The van der Waals surface area contributed by atoms with Crippen LogP contribution in [0.25, 0.3) is 0 Å². The molecule has 37 heavy (non-hydrogen) atoms. The van der Waals surface area contributed by atoms with Gasteiger partial charge in [-0.2, -0.15) is 0 Å². The largest absolute Gasteiger partial charge is 0.494 e. The Morgan fingerprint density at radius 3 is 2.62 bits per heavy atom. The molecule has 1 aromatic carbocycles. The number of nitrogens with zero attached hydrogens (tertiary/aromatic N) is 1. The van der Waals surface area contributed by atoms with Gasteiger partial charge in [0.2, 0.25) is 17.7 Å². The molecular weight excluding hydrogens is 474 g/mol. The van der Waals surface area contributed by atoms with Crippen LogP contribution in [0.5, 0.6) is 5.75 Å². The Balaban J connectivity index is 1.39. The van der Waals surface area contributed by atoms with Gasteiger partial charge in [0.25, 0.3) is 0 Å². The van der Waals surface area contributed by atoms with Crippen LogP contribution in [-0.2, 0) is 23.9 Å². The average molecular weight is 512 g/mol. The number of hydrogen-bond acceptors (Lipinski definition) is 6. The molecule has 2 saturated heterocycles. The third-order valence-electron chi connectivity index (χ3n) is 8.33. The molecule has 3 aliphatic heterocycles. The van der Waals surface area contributed by atoms with Gasteiger partial charge >= 0.3 is 0 Å². The fraction of sp³-hybridized carbons (Fsp3) is 0.607. The standard InChI is InChI=1S/C28H37N3O6/c1-4-36-19-11-9-18(10-12-19)29-25(32)22-21-13-14-28(37-21)23(22)27(34)31(15-16-35-3)24(28)26(33)30-20-8-6-5-7-17(20)2/h9-14,17,20-24H,4-8,15-16H2,1-3H3,(H,29,32)(H,30,33)/t17-,20-,21+,22-,23+,24+,28+/m1/s1. The summed E-state index contributed by atoms with van der Waals surface area (Å²) in [6.45, 7) is 5.16. The number of hydrogen-bond donors (Lipinski definition) is 2. The molecule has 1 spiro atoms. The molecule has 1 aromatic rings. The topological polar surface area (TPSA) is 106 Å². The highest BCUT2D eigenvalue weighted by Crippen LogP contribution is 2.55. The summed E-state index contributed by atoms with van der Waals surface area (Å²) in [4.78, 5) is 42.7. The predicted octanol–water partition coefficient (Wildman–Crippen LogP) is 2.52. The first-order valence-electron chi connectivity index (χ1n) is 13.4. The maximum atomic E-state index is 13.8. The van der Waals surface area contributed by atoms with Crippen LogP contribution in [0, 0.1) is 17.8 Å². The minimum atomic E-state index is -1.17. The van der Waals surface area contributed by atoms with Gasteiger partial charge in [-0.1, -0.05) is 31.9 Å². The molecule has 5 rings (SSSR count). The molecule has 2 bridgehead atoms. The van der Waals surface area contributed by atoms with Gasteiger partial charge in [-0.25, -0.2) is 0 Å². The third-order valence-corrected chi connectivity index (χ3v) is 8.33. The van der Waals surface area contributed by atoms with Crippen molar-refractivity contribution in [2.75, 3.05) is 32.2 Å². The average Bonchev–Trinajstić information content (AvgIpc) is 3.53. The van der Waals surface area contributed by atoms with E-state index in [4.69, 9.17) is 14.2 Å². The van der Waals surface area contributed by atoms with Gasteiger partial charge in [0.15, 0.2) is 0 Å². The van der Waals surface area contributed by atoms with Crippen LogP contribution >= 0.6 is 0 Å². The number of carbonyl (C=O) groups is 3. The monoisotopic (exact) mass is 511 g/mol. The SMILES string of the molecule is CCOc1ccc(NC(=O)[C@@H]2[C@@H]3C=C[C@]4(O3)[C@@H]2C(=O)N(CCOC)[C@H]4C(=O)N[C@@H]2CCCC[C@H]2C)cc1. The lowest BCUT2D eigenvalue weighted by atomic mass is 9.74. The lowest BCUT2D eigenvalue weighted by Crippen LogP contribution is -2.57. The Morgan fingerprint density at radius 1 is 1.16 bits per heavy atom. The molecule has 7 atom stereocenters. The van der Waals surface area contributed by atoms with Crippen molar-refractivity contribution in [2.45, 2.75) is 63.3 Å². The van der Waals surface area contributed by atoms with Gasteiger partial charge in [0.05, 0.1) is 31.2 Å². The smallest absolute Gasteiger partial charge is 0.246 e. The number of amides is 3. The maximum Gasteiger partial charge on any atom is 0.246 e. The highest BCUT2D eigenvalue weighted by Gasteiger charge is 2.72. The fourth-order valence-corrected chi connectivity index (χ4v) is 6.52. The lowest BCUT2D eigenvalue weighted by molar-refractivity contribution is -0.142. The van der Waals surface area contributed by atoms with E-state index < -0.39 is 29.6 Å². The first-order chi connectivity index (χ1) is 17.9. The highest BCUT2D eigenvalue weighted by atomic mass is 16.5. The van der Waals surface area contributed by atoms with E-state index in [1.807, 2.05) is 19.1 Å². The van der Waals surface area contributed by atoms with Crippen LogP contribution in [0.15, 0.2) is 36.4 Å².